The Morgan fingerprint density at radius 3 is 2.36 bits per heavy atom. The van der Waals surface area contributed by atoms with E-state index in [1.807, 2.05) is 0 Å². The molecule has 0 saturated carbocycles. The summed E-state index contributed by atoms with van der Waals surface area (Å²) in [6, 6.07) is 10.2. The second-order valence-corrected chi connectivity index (χ2v) is 6.14. The number of benzene rings is 2. The summed E-state index contributed by atoms with van der Waals surface area (Å²) in [6.07, 6.45) is 0. The first kappa shape index (κ1) is 16.9. The molecule has 3 aromatic rings. The molecule has 0 aliphatic carbocycles. The van der Waals surface area contributed by atoms with Crippen molar-refractivity contribution in [1.29, 1.82) is 0 Å². The van der Waals surface area contributed by atoms with E-state index < -0.39 is 22.2 Å². The molecule has 3 rings (SSSR count). The van der Waals surface area contributed by atoms with Gasteiger partial charge in [-0.1, -0.05) is 23.7 Å². The highest BCUT2D eigenvalue weighted by atomic mass is 35.5. The van der Waals surface area contributed by atoms with Gasteiger partial charge in [0, 0.05) is 24.2 Å². The Morgan fingerprint density at radius 2 is 1.76 bits per heavy atom. The fourth-order valence-electron chi connectivity index (χ4n) is 2.81. The molecule has 25 heavy (non-hydrogen) atoms. The summed E-state index contributed by atoms with van der Waals surface area (Å²) in [6.45, 7) is 1.74. The van der Waals surface area contributed by atoms with Gasteiger partial charge < -0.3 is 0 Å². The highest BCUT2D eigenvalue weighted by molar-refractivity contribution is 6.30. The van der Waals surface area contributed by atoms with Gasteiger partial charge in [-0.2, -0.15) is 0 Å². The molecular formula is C17H14ClN3O4. The molecule has 1 aromatic heterocycles. The van der Waals surface area contributed by atoms with Crippen LogP contribution in [0.15, 0.2) is 52.1 Å². The highest BCUT2D eigenvalue weighted by Gasteiger charge is 2.19. The van der Waals surface area contributed by atoms with Gasteiger partial charge in [-0.15, -0.1) is 0 Å². The lowest BCUT2D eigenvalue weighted by Gasteiger charge is -2.17. The van der Waals surface area contributed by atoms with E-state index in [0.717, 1.165) is 10.1 Å². The number of non-ortho nitro benzene ring substituents is 1. The van der Waals surface area contributed by atoms with Crippen molar-refractivity contribution in [3.63, 3.8) is 0 Å². The number of hydrogen-bond donors (Lipinski definition) is 0. The Labute approximate surface area is 146 Å². The first-order valence-corrected chi connectivity index (χ1v) is 7.84. The van der Waals surface area contributed by atoms with Gasteiger partial charge in [0.05, 0.1) is 21.9 Å². The molecule has 0 spiro atoms. The molecule has 8 heteroatoms. The van der Waals surface area contributed by atoms with Crippen LogP contribution < -0.4 is 11.2 Å². The molecule has 0 saturated heterocycles. The molecule has 2 aromatic carbocycles. The molecule has 0 aliphatic heterocycles. The number of aryl methyl sites for hydroxylation is 1. The summed E-state index contributed by atoms with van der Waals surface area (Å²) in [5, 5.41) is 11.7. The number of halogens is 1. The summed E-state index contributed by atoms with van der Waals surface area (Å²) < 4.78 is 2.38. The third kappa shape index (κ3) is 2.83. The smallest absolute Gasteiger partial charge is 0.296 e. The van der Waals surface area contributed by atoms with Crippen LogP contribution in [-0.2, 0) is 7.05 Å². The van der Waals surface area contributed by atoms with Gasteiger partial charge in [0.2, 0.25) is 0 Å². The minimum Gasteiger partial charge on any atom is -0.296 e. The van der Waals surface area contributed by atoms with E-state index in [0.29, 0.717) is 5.02 Å². The fourth-order valence-corrected chi connectivity index (χ4v) is 2.93. The summed E-state index contributed by atoms with van der Waals surface area (Å²) in [7, 11) is 1.49. The van der Waals surface area contributed by atoms with Gasteiger partial charge in [0.1, 0.15) is 0 Å². The molecular weight excluding hydrogens is 346 g/mol. The molecule has 0 N–H and O–H groups in total. The van der Waals surface area contributed by atoms with E-state index in [1.54, 1.807) is 31.2 Å². The van der Waals surface area contributed by atoms with Crippen molar-refractivity contribution >= 4 is 28.2 Å². The minimum atomic E-state index is -0.564. The Hall–Kier alpha value is -2.93. The van der Waals surface area contributed by atoms with Crippen LogP contribution in [0.25, 0.3) is 10.9 Å². The Morgan fingerprint density at radius 1 is 1.12 bits per heavy atom. The van der Waals surface area contributed by atoms with Crippen LogP contribution in [0.2, 0.25) is 5.02 Å². The van der Waals surface area contributed by atoms with Crippen LogP contribution in [0.5, 0.6) is 0 Å². The number of nitrogens with zero attached hydrogens (tertiary/aromatic N) is 3. The fraction of sp³-hybridized carbons (Fsp3) is 0.176. The molecule has 1 heterocycles. The maximum absolute atomic E-state index is 12.8. The third-order valence-corrected chi connectivity index (χ3v) is 4.49. The topological polar surface area (TPSA) is 87.1 Å². The molecule has 0 fully saturated rings. The number of nitro benzene ring substituents is 1. The van der Waals surface area contributed by atoms with Crippen LogP contribution in [0.1, 0.15) is 18.5 Å². The predicted molar refractivity (Wildman–Crippen MR) is 95.4 cm³/mol. The zero-order chi connectivity index (χ0) is 18.3. The lowest BCUT2D eigenvalue weighted by molar-refractivity contribution is -0.384. The number of rotatable bonds is 3. The maximum Gasteiger partial charge on any atom is 0.331 e. The standard InChI is InChI=1S/C17H14ClN3O4/c1-10(11-3-5-12(18)6-4-11)20-16(22)14-8-7-13(21(24)25)9-15(14)19(2)17(20)23/h3-10H,1-2H3. The van der Waals surface area contributed by atoms with Crippen LogP contribution in [0.3, 0.4) is 0 Å². The van der Waals surface area contributed by atoms with Crippen molar-refractivity contribution in [3.8, 4) is 0 Å². The largest absolute Gasteiger partial charge is 0.331 e. The first-order chi connectivity index (χ1) is 11.8. The Balaban J connectivity index is 2.28. The van der Waals surface area contributed by atoms with Gasteiger partial charge >= 0.3 is 5.69 Å². The molecule has 7 nitrogen and oxygen atoms in total. The van der Waals surface area contributed by atoms with Gasteiger partial charge in [-0.25, -0.2) is 4.79 Å². The third-order valence-electron chi connectivity index (χ3n) is 4.24. The van der Waals surface area contributed by atoms with Crippen LogP contribution in [-0.4, -0.2) is 14.1 Å². The second-order valence-electron chi connectivity index (χ2n) is 5.70. The van der Waals surface area contributed by atoms with Gasteiger partial charge in [0.25, 0.3) is 11.2 Å². The maximum atomic E-state index is 12.8. The van der Waals surface area contributed by atoms with E-state index in [2.05, 4.69) is 0 Å². The monoisotopic (exact) mass is 359 g/mol. The molecule has 0 radical (unpaired) electrons. The lowest BCUT2D eigenvalue weighted by Crippen LogP contribution is -2.41. The van der Waals surface area contributed by atoms with Crippen LogP contribution in [0.4, 0.5) is 5.69 Å². The summed E-state index contributed by atoms with van der Waals surface area (Å²) in [5.74, 6) is 0. The highest BCUT2D eigenvalue weighted by Crippen LogP contribution is 2.20. The van der Waals surface area contributed by atoms with Crippen LogP contribution >= 0.6 is 11.6 Å². The average Bonchev–Trinajstić information content (AvgIpc) is 2.60. The number of hydrogen-bond acceptors (Lipinski definition) is 4. The van der Waals surface area contributed by atoms with Crippen molar-refractivity contribution in [2.45, 2.75) is 13.0 Å². The lowest BCUT2D eigenvalue weighted by atomic mass is 10.1. The molecule has 0 aliphatic rings. The summed E-state index contributed by atoms with van der Waals surface area (Å²) >= 11 is 5.88. The zero-order valence-corrected chi connectivity index (χ0v) is 14.2. The van der Waals surface area contributed by atoms with Gasteiger partial charge in [-0.3, -0.25) is 24.0 Å². The summed E-state index contributed by atoms with van der Waals surface area (Å²) in [5.41, 5.74) is -0.227. The Bertz CT molecular complexity index is 1100. The van der Waals surface area contributed by atoms with Crippen molar-refractivity contribution in [3.05, 3.63) is 84.0 Å². The number of nitro groups is 1. The SMILES string of the molecule is CC(c1ccc(Cl)cc1)n1c(=O)c2ccc([N+](=O)[O-])cc2n(C)c1=O. The number of fused-ring (bicyclic) bond motifs is 1. The minimum absolute atomic E-state index is 0.176. The van der Waals surface area contributed by atoms with Crippen LogP contribution in [0, 0.1) is 10.1 Å². The summed E-state index contributed by atoms with van der Waals surface area (Å²) in [4.78, 5) is 35.9. The van der Waals surface area contributed by atoms with Crippen molar-refractivity contribution in [1.82, 2.24) is 9.13 Å². The van der Waals surface area contributed by atoms with E-state index in [9.17, 15) is 19.7 Å². The quantitative estimate of drug-likeness (QED) is 0.531. The molecule has 128 valence electrons. The Kier molecular flexibility index (Phi) is 4.18. The molecule has 0 bridgehead atoms. The molecule has 1 unspecified atom stereocenters. The van der Waals surface area contributed by atoms with E-state index >= 15 is 0 Å². The molecule has 1 atom stereocenters. The van der Waals surface area contributed by atoms with E-state index in [1.165, 1.54) is 29.8 Å². The first-order valence-electron chi connectivity index (χ1n) is 7.46. The normalized spacial score (nSPS) is 12.3. The number of aromatic nitrogens is 2. The predicted octanol–water partition coefficient (Wildman–Crippen LogP) is 2.87. The van der Waals surface area contributed by atoms with E-state index in [-0.39, 0.29) is 16.6 Å². The second kappa shape index (κ2) is 6.18. The van der Waals surface area contributed by atoms with E-state index in [4.69, 9.17) is 11.6 Å². The van der Waals surface area contributed by atoms with Gasteiger partial charge in [-0.05, 0) is 30.7 Å². The van der Waals surface area contributed by atoms with Crippen molar-refractivity contribution in [2.75, 3.05) is 0 Å². The average molecular weight is 360 g/mol. The van der Waals surface area contributed by atoms with Crippen molar-refractivity contribution < 1.29 is 4.92 Å². The van der Waals surface area contributed by atoms with Gasteiger partial charge in [0.15, 0.2) is 0 Å². The van der Waals surface area contributed by atoms with Crippen molar-refractivity contribution in [2.24, 2.45) is 7.05 Å². The zero-order valence-electron chi connectivity index (χ0n) is 13.5. The molecule has 0 amide bonds.